The summed E-state index contributed by atoms with van der Waals surface area (Å²) in [4.78, 5) is 12.2. The molecule has 4 rings (SSSR count). The Morgan fingerprint density at radius 3 is 2.48 bits per heavy atom. The van der Waals surface area contributed by atoms with E-state index in [1.165, 1.54) is 12.1 Å². The van der Waals surface area contributed by atoms with Gasteiger partial charge in [-0.25, -0.2) is 13.4 Å². The molecule has 2 N–H and O–H groups in total. The third-order valence-corrected chi connectivity index (χ3v) is 5.99. The van der Waals surface area contributed by atoms with Gasteiger partial charge in [0.15, 0.2) is 9.84 Å². The molecule has 2 aromatic heterocycles. The maximum Gasteiger partial charge on any atom is 0.233 e. The first-order chi connectivity index (χ1) is 15.7. The van der Waals surface area contributed by atoms with Crippen LogP contribution < -0.4 is 9.47 Å². The van der Waals surface area contributed by atoms with Crippen molar-refractivity contribution in [3.8, 4) is 28.8 Å². The molecule has 1 aliphatic rings. The molecule has 0 aliphatic carbocycles. The zero-order valence-corrected chi connectivity index (χ0v) is 19.3. The third-order valence-electron chi connectivity index (χ3n) is 4.86. The van der Waals surface area contributed by atoms with Crippen molar-refractivity contribution in [2.24, 2.45) is 4.99 Å². The average Bonchev–Trinajstić information content (AvgIpc) is 3.42. The Bertz CT molecular complexity index is 1270. The molecule has 0 radical (unpaired) electrons. The second-order valence-corrected chi connectivity index (χ2v) is 9.86. The van der Waals surface area contributed by atoms with Crippen LogP contribution in [-0.4, -0.2) is 61.0 Å². The maximum atomic E-state index is 11.7. The third kappa shape index (κ3) is 5.52. The molecule has 0 unspecified atom stereocenters. The Balaban J connectivity index is 1.64. The second kappa shape index (κ2) is 9.24. The first-order valence-corrected chi connectivity index (χ1v) is 12.3. The highest BCUT2D eigenvalue weighted by atomic mass is 32.2. The zero-order chi connectivity index (χ0) is 23.6. The Hall–Kier alpha value is -3.37. The van der Waals surface area contributed by atoms with Gasteiger partial charge < -0.3 is 24.3 Å². The lowest BCUT2D eigenvalue weighted by molar-refractivity contribution is 0.124. The quantitative estimate of drug-likeness (QED) is 0.517. The summed E-state index contributed by atoms with van der Waals surface area (Å²) in [5, 5.41) is 9.36. The van der Waals surface area contributed by atoms with Crippen molar-refractivity contribution < 1.29 is 27.7 Å². The molecule has 3 aromatic rings. The lowest BCUT2D eigenvalue weighted by Gasteiger charge is -2.14. The van der Waals surface area contributed by atoms with Crippen LogP contribution in [0.15, 0.2) is 58.4 Å². The number of rotatable bonds is 8. The van der Waals surface area contributed by atoms with Crippen LogP contribution in [0.4, 0.5) is 0 Å². The van der Waals surface area contributed by atoms with Gasteiger partial charge in [0.1, 0.15) is 23.7 Å². The number of pyridine rings is 1. The Labute approximate surface area is 192 Å². The minimum Gasteiger partial charge on any atom is -0.472 e. The summed E-state index contributed by atoms with van der Waals surface area (Å²) in [6, 6.07) is 13.3. The van der Waals surface area contributed by atoms with Gasteiger partial charge in [-0.1, -0.05) is 0 Å². The molecule has 0 bridgehead atoms. The van der Waals surface area contributed by atoms with E-state index in [9.17, 15) is 13.5 Å². The molecule has 1 aromatic carbocycles. The summed E-state index contributed by atoms with van der Waals surface area (Å²) >= 11 is 0. The van der Waals surface area contributed by atoms with Crippen LogP contribution in [0.25, 0.3) is 11.3 Å². The molecule has 0 spiro atoms. The van der Waals surface area contributed by atoms with Crippen LogP contribution in [-0.2, 0) is 14.6 Å². The summed E-state index contributed by atoms with van der Waals surface area (Å²) in [6.07, 6.45) is 0.728. The monoisotopic (exact) mass is 471 g/mol. The van der Waals surface area contributed by atoms with Crippen LogP contribution in [0.1, 0.15) is 19.5 Å². The van der Waals surface area contributed by atoms with E-state index in [4.69, 9.17) is 14.2 Å². The largest absolute Gasteiger partial charge is 0.472 e. The van der Waals surface area contributed by atoms with Gasteiger partial charge in [-0.3, -0.25) is 0 Å². The molecule has 9 nitrogen and oxygen atoms in total. The summed E-state index contributed by atoms with van der Waals surface area (Å²) in [5.41, 5.74) is 2.28. The number of aliphatic imine (C=N–C) groups is 1. The normalized spacial score (nSPS) is 16.7. The molecule has 3 heterocycles. The van der Waals surface area contributed by atoms with Crippen molar-refractivity contribution in [3.63, 3.8) is 0 Å². The fourth-order valence-corrected chi connectivity index (χ4v) is 3.81. The van der Waals surface area contributed by atoms with Gasteiger partial charge in [0.05, 0.1) is 18.0 Å². The lowest BCUT2D eigenvalue weighted by Crippen LogP contribution is -2.17. The van der Waals surface area contributed by atoms with Crippen LogP contribution in [0.3, 0.4) is 0 Å². The van der Waals surface area contributed by atoms with Crippen LogP contribution >= 0.6 is 0 Å². The van der Waals surface area contributed by atoms with Gasteiger partial charge in [0.25, 0.3) is 0 Å². The van der Waals surface area contributed by atoms with Crippen molar-refractivity contribution in [1.29, 1.82) is 0 Å². The van der Waals surface area contributed by atoms with Crippen LogP contribution in [0.5, 0.6) is 17.5 Å². The van der Waals surface area contributed by atoms with Crippen LogP contribution in [0.2, 0.25) is 0 Å². The molecule has 174 valence electrons. The molecule has 1 aliphatic heterocycles. The molecular formula is C23H25N3O6S. The van der Waals surface area contributed by atoms with E-state index >= 15 is 0 Å². The fourth-order valence-electron chi connectivity index (χ4n) is 3.18. The van der Waals surface area contributed by atoms with E-state index in [1.807, 2.05) is 19.1 Å². The number of nitrogens with zero attached hydrogens (tertiary/aromatic N) is 2. The number of aliphatic hydroxyl groups is 1. The smallest absolute Gasteiger partial charge is 0.233 e. The number of hydrogen-bond acceptors (Lipinski definition) is 8. The summed E-state index contributed by atoms with van der Waals surface area (Å²) < 4.78 is 40.7. The number of hydrogen-bond donors (Lipinski definition) is 2. The fraction of sp³-hybridized carbons (Fsp3) is 0.304. The Kier molecular flexibility index (Phi) is 6.39. The molecular weight excluding hydrogens is 446 g/mol. The number of aliphatic hydroxyl groups excluding tert-OH is 1. The molecule has 0 fully saturated rings. The zero-order valence-electron chi connectivity index (χ0n) is 18.5. The molecule has 33 heavy (non-hydrogen) atoms. The number of sulfone groups is 1. The van der Waals surface area contributed by atoms with Crippen molar-refractivity contribution in [2.75, 3.05) is 19.4 Å². The lowest BCUT2D eigenvalue weighted by atomic mass is 10.2. The Morgan fingerprint density at radius 1 is 1.15 bits per heavy atom. The van der Waals surface area contributed by atoms with E-state index < -0.39 is 15.9 Å². The van der Waals surface area contributed by atoms with Gasteiger partial charge in [0, 0.05) is 29.6 Å². The van der Waals surface area contributed by atoms with E-state index in [-0.39, 0.29) is 29.4 Å². The SMILES string of the molecule is C[C@H]1CN=C(c2ccc(-c3cc(Oc4ccc(S(C)(=O)=O)cc4)nc(O[C@@H](C)CO)c3)[nH]2)O1. The van der Waals surface area contributed by atoms with E-state index in [0.29, 0.717) is 18.2 Å². The summed E-state index contributed by atoms with van der Waals surface area (Å²) in [6.45, 7) is 4.13. The Morgan fingerprint density at radius 2 is 1.85 bits per heavy atom. The predicted octanol–water partition coefficient (Wildman–Crippen LogP) is 3.20. The van der Waals surface area contributed by atoms with Crippen molar-refractivity contribution in [2.45, 2.75) is 31.0 Å². The number of aromatic nitrogens is 2. The highest BCUT2D eigenvalue weighted by Crippen LogP contribution is 2.30. The molecule has 0 amide bonds. The van der Waals surface area contributed by atoms with Gasteiger partial charge in [-0.2, -0.15) is 4.98 Å². The molecule has 2 atom stereocenters. The number of ether oxygens (including phenoxy) is 3. The summed E-state index contributed by atoms with van der Waals surface area (Å²) in [7, 11) is -3.31. The highest BCUT2D eigenvalue weighted by Gasteiger charge is 2.19. The van der Waals surface area contributed by atoms with Crippen molar-refractivity contribution in [1.82, 2.24) is 9.97 Å². The number of benzene rings is 1. The maximum absolute atomic E-state index is 11.7. The van der Waals surface area contributed by atoms with Gasteiger partial charge in [-0.15, -0.1) is 0 Å². The second-order valence-electron chi connectivity index (χ2n) is 7.85. The first kappa shape index (κ1) is 22.8. The van der Waals surface area contributed by atoms with E-state index in [1.54, 1.807) is 31.2 Å². The topological polar surface area (TPSA) is 123 Å². The predicted molar refractivity (Wildman–Crippen MR) is 123 cm³/mol. The molecule has 0 saturated heterocycles. The van der Waals surface area contributed by atoms with E-state index in [2.05, 4.69) is 15.0 Å². The minimum absolute atomic E-state index is 0.0433. The van der Waals surface area contributed by atoms with Gasteiger partial charge in [0.2, 0.25) is 17.7 Å². The van der Waals surface area contributed by atoms with Crippen LogP contribution in [0, 0.1) is 0 Å². The highest BCUT2D eigenvalue weighted by molar-refractivity contribution is 7.90. The van der Waals surface area contributed by atoms with Gasteiger partial charge >= 0.3 is 0 Å². The number of nitrogens with one attached hydrogen (secondary N) is 1. The number of H-pyrrole nitrogens is 1. The average molecular weight is 472 g/mol. The summed E-state index contributed by atoms with van der Waals surface area (Å²) in [5.74, 6) is 1.51. The van der Waals surface area contributed by atoms with Gasteiger partial charge in [-0.05, 0) is 50.2 Å². The minimum atomic E-state index is -3.31. The molecule has 10 heteroatoms. The van der Waals surface area contributed by atoms with Crippen molar-refractivity contribution in [3.05, 3.63) is 54.2 Å². The van der Waals surface area contributed by atoms with Crippen molar-refractivity contribution >= 4 is 15.7 Å². The van der Waals surface area contributed by atoms with E-state index in [0.717, 1.165) is 23.2 Å². The first-order valence-electron chi connectivity index (χ1n) is 10.4. The number of aromatic amines is 1. The standard InChI is InChI=1S/C23H25N3O6S/c1-14-12-24-23(31-14)20-9-8-19(25-20)16-10-21(30-15(2)13-27)26-22(11-16)32-17-4-6-18(7-5-17)33(3,28)29/h4-11,14-15,25,27H,12-13H2,1-3H3/t14-,15-/m0/s1. The molecule has 0 saturated carbocycles.